The molecule has 1 aromatic heterocycles. The number of rotatable bonds is 11. The van der Waals surface area contributed by atoms with Gasteiger partial charge in [0.1, 0.15) is 5.69 Å². The monoisotopic (exact) mass is 452 g/mol. The molecule has 1 aliphatic heterocycles. The zero-order valence-electron chi connectivity index (χ0n) is 18.9. The van der Waals surface area contributed by atoms with Crippen LogP contribution in [-0.4, -0.2) is 40.2 Å². The van der Waals surface area contributed by atoms with Gasteiger partial charge in [-0.25, -0.2) is 0 Å². The second-order valence-corrected chi connectivity index (χ2v) is 7.97. The first-order chi connectivity index (χ1) is 15.9. The Bertz CT molecular complexity index is 984. The molecule has 8 heteroatoms. The lowest BCUT2D eigenvalue weighted by molar-refractivity contribution is -0.187. The summed E-state index contributed by atoms with van der Waals surface area (Å²) in [4.78, 5) is 52.8. The fraction of sp³-hybridized carbons (Fsp3) is 0.400. The summed E-state index contributed by atoms with van der Waals surface area (Å²) >= 11 is 0. The number of amides is 2. The highest BCUT2D eigenvalue weighted by Gasteiger charge is 2.34. The van der Waals surface area contributed by atoms with Crippen molar-refractivity contribution in [3.63, 3.8) is 0 Å². The minimum Gasteiger partial charge on any atom is -0.419 e. The van der Waals surface area contributed by atoms with Gasteiger partial charge in [-0.3, -0.25) is 29.1 Å². The number of fused-ring (bicyclic) bond motifs is 1. The standard InChI is InChI=1S/C25H28N2O6/c1-17(28)32-25(33-18(2)29)22-16-19(13-14-26-22)10-6-4-3-5-9-15-27-23(30)20-11-7-8-12-21(20)24(27)31/h7-8,11-14,16,25H,3-6,9-10,15H2,1-2H3. The molecule has 0 spiro atoms. The number of aryl methyl sites for hydroxylation is 1. The third kappa shape index (κ3) is 6.47. The molecule has 0 atom stereocenters. The molecule has 0 saturated carbocycles. The minimum atomic E-state index is -1.15. The second kappa shape index (κ2) is 11.4. The summed E-state index contributed by atoms with van der Waals surface area (Å²) in [7, 11) is 0. The number of nitrogens with zero attached hydrogens (tertiary/aromatic N) is 2. The third-order valence-corrected chi connectivity index (χ3v) is 5.36. The van der Waals surface area contributed by atoms with Crippen molar-refractivity contribution in [1.29, 1.82) is 0 Å². The van der Waals surface area contributed by atoms with E-state index in [0.717, 1.165) is 44.1 Å². The van der Waals surface area contributed by atoms with Crippen LogP contribution in [0.1, 0.15) is 84.2 Å². The van der Waals surface area contributed by atoms with Gasteiger partial charge in [0.15, 0.2) is 0 Å². The van der Waals surface area contributed by atoms with E-state index in [1.807, 2.05) is 6.07 Å². The molecule has 0 bridgehead atoms. The molecule has 174 valence electrons. The maximum atomic E-state index is 12.4. The number of esters is 2. The van der Waals surface area contributed by atoms with Crippen molar-refractivity contribution < 1.29 is 28.7 Å². The molecule has 2 amide bonds. The molecule has 0 aliphatic carbocycles. The molecular weight excluding hydrogens is 424 g/mol. The van der Waals surface area contributed by atoms with Crippen molar-refractivity contribution in [2.75, 3.05) is 6.54 Å². The normalized spacial score (nSPS) is 12.8. The molecule has 1 aromatic carbocycles. The van der Waals surface area contributed by atoms with E-state index in [9.17, 15) is 19.2 Å². The van der Waals surface area contributed by atoms with Crippen molar-refractivity contribution in [3.8, 4) is 0 Å². The van der Waals surface area contributed by atoms with Crippen molar-refractivity contribution in [2.45, 2.75) is 58.7 Å². The van der Waals surface area contributed by atoms with Gasteiger partial charge in [-0.2, -0.15) is 0 Å². The van der Waals surface area contributed by atoms with E-state index in [0.29, 0.717) is 23.4 Å². The fourth-order valence-corrected chi connectivity index (χ4v) is 3.80. The fourth-order valence-electron chi connectivity index (χ4n) is 3.80. The maximum absolute atomic E-state index is 12.4. The summed E-state index contributed by atoms with van der Waals surface area (Å²) in [6, 6.07) is 10.6. The average Bonchev–Trinajstić information content (AvgIpc) is 3.02. The number of carbonyl (C=O) groups excluding carboxylic acids is 4. The van der Waals surface area contributed by atoms with Crippen molar-refractivity contribution in [3.05, 3.63) is 65.0 Å². The molecule has 1 aliphatic rings. The van der Waals surface area contributed by atoms with E-state index in [1.54, 1.807) is 36.5 Å². The predicted octanol–water partition coefficient (Wildman–Crippen LogP) is 4.00. The maximum Gasteiger partial charge on any atom is 0.306 e. The highest BCUT2D eigenvalue weighted by atomic mass is 16.7. The largest absolute Gasteiger partial charge is 0.419 e. The lowest BCUT2D eigenvalue weighted by atomic mass is 10.1. The van der Waals surface area contributed by atoms with Crippen LogP contribution in [0.5, 0.6) is 0 Å². The van der Waals surface area contributed by atoms with Crippen LogP contribution < -0.4 is 0 Å². The summed E-state index contributed by atoms with van der Waals surface area (Å²) < 4.78 is 10.1. The van der Waals surface area contributed by atoms with Gasteiger partial charge >= 0.3 is 11.9 Å². The Morgan fingerprint density at radius 3 is 2.06 bits per heavy atom. The molecule has 8 nitrogen and oxygen atoms in total. The number of carbonyl (C=O) groups is 4. The SMILES string of the molecule is CC(=O)OC(OC(C)=O)c1cc(CCCCCCCN2C(=O)c3ccccc3C2=O)ccn1. The minimum absolute atomic E-state index is 0.204. The van der Waals surface area contributed by atoms with Gasteiger partial charge in [0.2, 0.25) is 0 Å². The van der Waals surface area contributed by atoms with E-state index >= 15 is 0 Å². The van der Waals surface area contributed by atoms with Gasteiger partial charge in [0.25, 0.3) is 18.1 Å². The van der Waals surface area contributed by atoms with Crippen LogP contribution in [0.2, 0.25) is 0 Å². The molecular formula is C25H28N2O6. The van der Waals surface area contributed by atoms with Crippen LogP contribution in [0.4, 0.5) is 0 Å². The highest BCUT2D eigenvalue weighted by Crippen LogP contribution is 2.23. The van der Waals surface area contributed by atoms with E-state index in [4.69, 9.17) is 9.47 Å². The number of benzene rings is 1. The van der Waals surface area contributed by atoms with Crippen LogP contribution in [-0.2, 0) is 25.5 Å². The van der Waals surface area contributed by atoms with Gasteiger partial charge < -0.3 is 9.47 Å². The number of hydrogen-bond donors (Lipinski definition) is 0. The molecule has 33 heavy (non-hydrogen) atoms. The van der Waals surface area contributed by atoms with Crippen LogP contribution in [0.25, 0.3) is 0 Å². The third-order valence-electron chi connectivity index (χ3n) is 5.36. The summed E-state index contributed by atoms with van der Waals surface area (Å²) in [6.45, 7) is 2.93. The van der Waals surface area contributed by atoms with Gasteiger partial charge in [-0.1, -0.05) is 31.4 Å². The van der Waals surface area contributed by atoms with Crippen molar-refractivity contribution in [1.82, 2.24) is 9.88 Å². The molecule has 0 radical (unpaired) electrons. The summed E-state index contributed by atoms with van der Waals surface area (Å²) in [6.07, 6.45) is 5.90. The van der Waals surface area contributed by atoms with Crippen LogP contribution in [0, 0.1) is 0 Å². The van der Waals surface area contributed by atoms with E-state index in [2.05, 4.69) is 4.98 Å². The first-order valence-corrected chi connectivity index (χ1v) is 11.1. The summed E-state index contributed by atoms with van der Waals surface area (Å²) in [5, 5.41) is 0. The van der Waals surface area contributed by atoms with Crippen molar-refractivity contribution in [2.24, 2.45) is 0 Å². The Hall–Kier alpha value is -3.55. The first kappa shape index (κ1) is 24.1. The molecule has 2 heterocycles. The number of ether oxygens (including phenoxy) is 2. The zero-order valence-corrected chi connectivity index (χ0v) is 18.9. The molecule has 2 aromatic rings. The Kier molecular flexibility index (Phi) is 8.29. The quantitative estimate of drug-likeness (QED) is 0.220. The molecule has 0 saturated heterocycles. The van der Waals surface area contributed by atoms with Crippen LogP contribution >= 0.6 is 0 Å². The highest BCUT2D eigenvalue weighted by molar-refractivity contribution is 6.21. The Labute approximate surface area is 192 Å². The zero-order chi connectivity index (χ0) is 23.8. The molecule has 0 unspecified atom stereocenters. The van der Waals surface area contributed by atoms with Crippen molar-refractivity contribution >= 4 is 23.8 Å². The van der Waals surface area contributed by atoms with E-state index < -0.39 is 18.2 Å². The molecule has 0 fully saturated rings. The van der Waals surface area contributed by atoms with E-state index in [1.165, 1.54) is 18.7 Å². The average molecular weight is 453 g/mol. The second-order valence-electron chi connectivity index (χ2n) is 7.97. The van der Waals surface area contributed by atoms with Gasteiger partial charge in [0, 0.05) is 26.6 Å². The lowest BCUT2D eigenvalue weighted by Gasteiger charge is -2.16. The topological polar surface area (TPSA) is 103 Å². The summed E-state index contributed by atoms with van der Waals surface area (Å²) in [5.74, 6) is -1.53. The Morgan fingerprint density at radius 2 is 1.45 bits per heavy atom. The Balaban J connectivity index is 1.39. The number of pyridine rings is 1. The lowest BCUT2D eigenvalue weighted by Crippen LogP contribution is -2.30. The van der Waals surface area contributed by atoms with Gasteiger partial charge in [-0.05, 0) is 49.1 Å². The molecule has 3 rings (SSSR count). The smallest absolute Gasteiger partial charge is 0.306 e. The van der Waals surface area contributed by atoms with Crippen LogP contribution in [0.15, 0.2) is 42.6 Å². The van der Waals surface area contributed by atoms with Gasteiger partial charge in [0.05, 0.1) is 11.1 Å². The number of unbranched alkanes of at least 4 members (excludes halogenated alkanes) is 4. The number of aromatic nitrogens is 1. The van der Waals surface area contributed by atoms with Gasteiger partial charge in [-0.15, -0.1) is 0 Å². The summed E-state index contributed by atoms with van der Waals surface area (Å²) in [5.41, 5.74) is 2.36. The van der Waals surface area contributed by atoms with Crippen LogP contribution in [0.3, 0.4) is 0 Å². The first-order valence-electron chi connectivity index (χ1n) is 11.1. The van der Waals surface area contributed by atoms with E-state index in [-0.39, 0.29) is 11.8 Å². The predicted molar refractivity (Wildman–Crippen MR) is 119 cm³/mol. The number of imide groups is 1. The Morgan fingerprint density at radius 1 is 0.879 bits per heavy atom. The number of hydrogen-bond acceptors (Lipinski definition) is 7. The molecule has 0 N–H and O–H groups in total.